The Balaban J connectivity index is 3.86. The van der Waals surface area contributed by atoms with Gasteiger partial charge in [-0.25, -0.2) is 0 Å². The SMILES string of the molecule is CC(CN)NC(C)(CO)CO. The van der Waals surface area contributed by atoms with Crippen LogP contribution in [0.15, 0.2) is 0 Å². The van der Waals surface area contributed by atoms with E-state index in [2.05, 4.69) is 5.32 Å². The molecule has 4 heteroatoms. The summed E-state index contributed by atoms with van der Waals surface area (Å²) in [5.74, 6) is 0. The lowest BCUT2D eigenvalue weighted by Crippen LogP contribution is -2.54. The van der Waals surface area contributed by atoms with Gasteiger partial charge in [0.05, 0.1) is 18.8 Å². The second kappa shape index (κ2) is 4.66. The molecule has 5 N–H and O–H groups in total. The summed E-state index contributed by atoms with van der Waals surface area (Å²) in [6.45, 7) is 3.97. The molecule has 0 aromatic rings. The third kappa shape index (κ3) is 3.67. The highest BCUT2D eigenvalue weighted by molar-refractivity contribution is 4.84. The molecule has 0 bridgehead atoms. The highest BCUT2D eigenvalue weighted by atomic mass is 16.3. The summed E-state index contributed by atoms with van der Waals surface area (Å²) >= 11 is 0. The number of rotatable bonds is 5. The van der Waals surface area contributed by atoms with Crippen molar-refractivity contribution >= 4 is 0 Å². The van der Waals surface area contributed by atoms with Gasteiger partial charge < -0.3 is 21.3 Å². The molecular weight excluding hydrogens is 144 g/mol. The van der Waals surface area contributed by atoms with Gasteiger partial charge in [0, 0.05) is 12.6 Å². The van der Waals surface area contributed by atoms with Gasteiger partial charge in [0.25, 0.3) is 0 Å². The van der Waals surface area contributed by atoms with E-state index in [1.54, 1.807) is 6.92 Å². The number of aliphatic hydroxyl groups is 2. The van der Waals surface area contributed by atoms with Gasteiger partial charge >= 0.3 is 0 Å². The molecule has 0 saturated carbocycles. The molecule has 1 atom stereocenters. The highest BCUT2D eigenvalue weighted by Gasteiger charge is 2.22. The van der Waals surface area contributed by atoms with Crippen LogP contribution in [0, 0.1) is 0 Å². The molecule has 68 valence electrons. The molecule has 1 unspecified atom stereocenters. The normalized spacial score (nSPS) is 15.0. The molecule has 0 radical (unpaired) electrons. The summed E-state index contributed by atoms with van der Waals surface area (Å²) in [5, 5.41) is 20.8. The maximum absolute atomic E-state index is 8.87. The van der Waals surface area contributed by atoms with Gasteiger partial charge in [-0.05, 0) is 13.8 Å². The summed E-state index contributed by atoms with van der Waals surface area (Å²) in [4.78, 5) is 0. The average Bonchev–Trinajstić information content (AvgIpc) is 2.04. The number of aliphatic hydroxyl groups excluding tert-OH is 2. The third-order valence-corrected chi connectivity index (χ3v) is 1.65. The smallest absolute Gasteiger partial charge is 0.0633 e. The monoisotopic (exact) mass is 162 g/mol. The maximum atomic E-state index is 8.87. The number of hydrogen-bond donors (Lipinski definition) is 4. The molecule has 0 aliphatic rings. The van der Waals surface area contributed by atoms with Crippen LogP contribution >= 0.6 is 0 Å². The van der Waals surface area contributed by atoms with Crippen molar-refractivity contribution in [1.29, 1.82) is 0 Å². The van der Waals surface area contributed by atoms with E-state index in [0.29, 0.717) is 6.54 Å². The van der Waals surface area contributed by atoms with E-state index >= 15 is 0 Å². The van der Waals surface area contributed by atoms with Crippen LogP contribution < -0.4 is 11.1 Å². The van der Waals surface area contributed by atoms with Gasteiger partial charge in [-0.1, -0.05) is 0 Å². The van der Waals surface area contributed by atoms with Crippen LogP contribution in [0.5, 0.6) is 0 Å². The molecule has 0 aromatic carbocycles. The summed E-state index contributed by atoms with van der Waals surface area (Å²) < 4.78 is 0. The van der Waals surface area contributed by atoms with Gasteiger partial charge in [-0.3, -0.25) is 0 Å². The zero-order valence-electron chi connectivity index (χ0n) is 7.17. The maximum Gasteiger partial charge on any atom is 0.0633 e. The Kier molecular flexibility index (Phi) is 4.60. The van der Waals surface area contributed by atoms with Crippen molar-refractivity contribution in [1.82, 2.24) is 5.32 Å². The zero-order chi connectivity index (χ0) is 8.91. The molecule has 4 nitrogen and oxygen atoms in total. The summed E-state index contributed by atoms with van der Waals surface area (Å²) in [6, 6.07) is 0.110. The first-order chi connectivity index (χ1) is 5.08. The quantitative estimate of drug-likeness (QED) is 0.404. The second-order valence-electron chi connectivity index (χ2n) is 3.16. The molecule has 0 amide bonds. The fourth-order valence-corrected chi connectivity index (χ4v) is 0.795. The molecule has 0 spiro atoms. The Labute approximate surface area is 67.4 Å². The Morgan fingerprint density at radius 1 is 1.45 bits per heavy atom. The van der Waals surface area contributed by atoms with Gasteiger partial charge in [0.15, 0.2) is 0 Å². The summed E-state index contributed by atoms with van der Waals surface area (Å²) in [7, 11) is 0. The minimum atomic E-state index is -0.612. The number of nitrogens with two attached hydrogens (primary N) is 1. The molecule has 0 aliphatic carbocycles. The van der Waals surface area contributed by atoms with Crippen LogP contribution in [0.1, 0.15) is 13.8 Å². The van der Waals surface area contributed by atoms with Crippen molar-refractivity contribution < 1.29 is 10.2 Å². The minimum absolute atomic E-state index is 0.0894. The molecule has 11 heavy (non-hydrogen) atoms. The fraction of sp³-hybridized carbons (Fsp3) is 1.00. The molecule has 0 rings (SSSR count). The third-order valence-electron chi connectivity index (χ3n) is 1.65. The Hall–Kier alpha value is -0.160. The number of nitrogens with one attached hydrogen (secondary N) is 1. The minimum Gasteiger partial charge on any atom is -0.394 e. The topological polar surface area (TPSA) is 78.5 Å². The first-order valence-electron chi connectivity index (χ1n) is 3.77. The molecule has 0 saturated heterocycles. The number of hydrogen-bond acceptors (Lipinski definition) is 4. The Morgan fingerprint density at radius 2 is 1.91 bits per heavy atom. The van der Waals surface area contributed by atoms with Crippen LogP contribution in [0.2, 0.25) is 0 Å². The van der Waals surface area contributed by atoms with Crippen molar-refractivity contribution in [2.75, 3.05) is 19.8 Å². The standard InChI is InChI=1S/C7H18N2O2/c1-6(3-8)9-7(2,4-10)5-11/h6,9-11H,3-5,8H2,1-2H3. The second-order valence-corrected chi connectivity index (χ2v) is 3.16. The van der Waals surface area contributed by atoms with E-state index in [-0.39, 0.29) is 19.3 Å². The average molecular weight is 162 g/mol. The summed E-state index contributed by atoms with van der Waals surface area (Å²) in [5.41, 5.74) is 4.75. The van der Waals surface area contributed by atoms with E-state index in [9.17, 15) is 0 Å². The van der Waals surface area contributed by atoms with E-state index in [1.807, 2.05) is 6.92 Å². The largest absolute Gasteiger partial charge is 0.394 e. The lowest BCUT2D eigenvalue weighted by Gasteiger charge is -2.29. The van der Waals surface area contributed by atoms with E-state index in [1.165, 1.54) is 0 Å². The molecular formula is C7H18N2O2. The van der Waals surface area contributed by atoms with Crippen LogP contribution in [0.4, 0.5) is 0 Å². The molecule has 0 aromatic heterocycles. The van der Waals surface area contributed by atoms with Crippen LogP contribution in [-0.2, 0) is 0 Å². The molecule has 0 fully saturated rings. The van der Waals surface area contributed by atoms with Crippen LogP contribution in [0.25, 0.3) is 0 Å². The predicted octanol–water partition coefficient (Wildman–Crippen LogP) is -1.33. The fourth-order valence-electron chi connectivity index (χ4n) is 0.795. The first kappa shape index (κ1) is 10.8. The van der Waals surface area contributed by atoms with E-state index in [4.69, 9.17) is 15.9 Å². The van der Waals surface area contributed by atoms with E-state index < -0.39 is 5.54 Å². The van der Waals surface area contributed by atoms with Gasteiger partial charge in [-0.15, -0.1) is 0 Å². The van der Waals surface area contributed by atoms with Gasteiger partial charge in [-0.2, -0.15) is 0 Å². The molecule has 0 aliphatic heterocycles. The Morgan fingerprint density at radius 3 is 2.18 bits per heavy atom. The Bertz CT molecular complexity index is 105. The van der Waals surface area contributed by atoms with Crippen molar-refractivity contribution in [3.63, 3.8) is 0 Å². The van der Waals surface area contributed by atoms with Crippen molar-refractivity contribution in [3.05, 3.63) is 0 Å². The van der Waals surface area contributed by atoms with Crippen molar-refractivity contribution in [2.45, 2.75) is 25.4 Å². The summed E-state index contributed by atoms with van der Waals surface area (Å²) in [6.07, 6.45) is 0. The lowest BCUT2D eigenvalue weighted by molar-refractivity contribution is 0.0966. The van der Waals surface area contributed by atoms with Gasteiger partial charge in [0.2, 0.25) is 0 Å². The predicted molar refractivity (Wildman–Crippen MR) is 44.2 cm³/mol. The van der Waals surface area contributed by atoms with Crippen LogP contribution in [0.3, 0.4) is 0 Å². The van der Waals surface area contributed by atoms with Crippen molar-refractivity contribution in [2.24, 2.45) is 5.73 Å². The van der Waals surface area contributed by atoms with Crippen LogP contribution in [-0.4, -0.2) is 41.6 Å². The highest BCUT2D eigenvalue weighted by Crippen LogP contribution is 2.01. The molecule has 0 heterocycles. The van der Waals surface area contributed by atoms with Gasteiger partial charge in [0.1, 0.15) is 0 Å². The lowest BCUT2D eigenvalue weighted by atomic mass is 10.0. The van der Waals surface area contributed by atoms with Crippen molar-refractivity contribution in [3.8, 4) is 0 Å². The first-order valence-corrected chi connectivity index (χ1v) is 3.77. The zero-order valence-corrected chi connectivity index (χ0v) is 7.17. The van der Waals surface area contributed by atoms with E-state index in [0.717, 1.165) is 0 Å².